The number of benzene rings is 2. The van der Waals surface area contributed by atoms with Gasteiger partial charge in [0.1, 0.15) is 16.3 Å². The van der Waals surface area contributed by atoms with Gasteiger partial charge < -0.3 is 15.0 Å². The van der Waals surface area contributed by atoms with Crippen molar-refractivity contribution in [3.8, 4) is 11.4 Å². The molecule has 0 fully saturated rings. The minimum atomic E-state index is -0.924. The molecule has 1 heterocycles. The molecule has 1 aromatic heterocycles. The van der Waals surface area contributed by atoms with Crippen LogP contribution in [0.15, 0.2) is 51.8 Å². The van der Waals surface area contributed by atoms with Crippen molar-refractivity contribution in [1.82, 2.24) is 9.55 Å². The Morgan fingerprint density at radius 2 is 1.78 bits per heavy atom. The monoisotopic (exact) mass is 571 g/mol. The van der Waals surface area contributed by atoms with E-state index in [2.05, 4.69) is 32.7 Å². The molecule has 192 valence electrons. The Balaban J connectivity index is 1.92. The normalized spacial score (nSPS) is 11.5. The standard InChI is InChI=1S/C28H34BrN3O3S/c1-6-7-8-9-16-32-19(3)24(26(33)30-23-15-12-21(29)17-18(23)2)31-25(32)20-10-13-22(14-11-20)36-28(4,5)27(34)35/h10-15,17H,6-9,16H2,1-5H3,(H,30,33)(H,34,35). The maximum absolute atomic E-state index is 13.3. The second-order valence-corrected chi connectivity index (χ2v) is 12.0. The first-order chi connectivity index (χ1) is 17.0. The van der Waals surface area contributed by atoms with E-state index in [0.717, 1.165) is 63.5 Å². The fraction of sp³-hybridized carbons (Fsp3) is 0.393. The van der Waals surface area contributed by atoms with Gasteiger partial charge in [-0.3, -0.25) is 9.59 Å². The van der Waals surface area contributed by atoms with E-state index in [4.69, 9.17) is 4.98 Å². The van der Waals surface area contributed by atoms with Gasteiger partial charge in [-0.25, -0.2) is 4.98 Å². The first-order valence-corrected chi connectivity index (χ1v) is 13.8. The number of carbonyl (C=O) groups excluding carboxylic acids is 1. The number of amides is 1. The lowest BCUT2D eigenvalue weighted by atomic mass is 10.2. The number of thioether (sulfide) groups is 1. The number of aryl methyl sites for hydroxylation is 1. The van der Waals surface area contributed by atoms with Crippen LogP contribution in [0.3, 0.4) is 0 Å². The van der Waals surface area contributed by atoms with E-state index in [1.165, 1.54) is 18.2 Å². The molecule has 0 aliphatic heterocycles. The number of hydrogen-bond donors (Lipinski definition) is 2. The first-order valence-electron chi connectivity index (χ1n) is 12.2. The lowest BCUT2D eigenvalue weighted by molar-refractivity contribution is -0.138. The zero-order valence-electron chi connectivity index (χ0n) is 21.5. The van der Waals surface area contributed by atoms with Crippen molar-refractivity contribution < 1.29 is 14.7 Å². The fourth-order valence-electron chi connectivity index (χ4n) is 3.90. The third kappa shape index (κ3) is 6.79. The molecule has 36 heavy (non-hydrogen) atoms. The second kappa shape index (κ2) is 12.1. The lowest BCUT2D eigenvalue weighted by Gasteiger charge is -2.18. The van der Waals surface area contributed by atoms with Crippen LogP contribution >= 0.6 is 27.7 Å². The fourth-order valence-corrected chi connectivity index (χ4v) is 5.32. The van der Waals surface area contributed by atoms with Crippen LogP contribution in [-0.4, -0.2) is 31.3 Å². The zero-order chi connectivity index (χ0) is 26.5. The number of carboxylic acids is 1. The molecule has 1 amide bonds. The van der Waals surface area contributed by atoms with Crippen LogP contribution in [0.5, 0.6) is 0 Å². The summed E-state index contributed by atoms with van der Waals surface area (Å²) in [7, 11) is 0. The van der Waals surface area contributed by atoms with Gasteiger partial charge in [0.25, 0.3) is 5.91 Å². The third-order valence-electron chi connectivity index (χ3n) is 6.11. The number of halogens is 1. The summed E-state index contributed by atoms with van der Waals surface area (Å²) in [5.41, 5.74) is 3.86. The summed E-state index contributed by atoms with van der Waals surface area (Å²) in [4.78, 5) is 30.4. The average molecular weight is 573 g/mol. The van der Waals surface area contributed by atoms with Crippen LogP contribution in [0.4, 0.5) is 5.69 Å². The number of imidazole rings is 1. The molecule has 0 saturated carbocycles. The largest absolute Gasteiger partial charge is 0.480 e. The molecule has 0 aliphatic carbocycles. The molecule has 0 aliphatic rings. The summed E-state index contributed by atoms with van der Waals surface area (Å²) >= 11 is 4.77. The smallest absolute Gasteiger partial charge is 0.319 e. The molecule has 3 rings (SSSR count). The molecular weight excluding hydrogens is 538 g/mol. The SMILES string of the molecule is CCCCCCn1c(-c2ccc(SC(C)(C)C(=O)O)cc2)nc(C(=O)Nc2ccc(Br)cc2C)c1C. The van der Waals surface area contributed by atoms with Gasteiger partial charge in [-0.05, 0) is 70.0 Å². The predicted octanol–water partition coefficient (Wildman–Crippen LogP) is 7.72. The van der Waals surface area contributed by atoms with Crippen molar-refractivity contribution in [3.63, 3.8) is 0 Å². The summed E-state index contributed by atoms with van der Waals surface area (Å²) in [5, 5.41) is 12.5. The molecule has 0 bridgehead atoms. The predicted molar refractivity (Wildman–Crippen MR) is 151 cm³/mol. The van der Waals surface area contributed by atoms with Gasteiger partial charge in [0.2, 0.25) is 0 Å². The van der Waals surface area contributed by atoms with Crippen LogP contribution in [0.1, 0.15) is 68.2 Å². The van der Waals surface area contributed by atoms with Crippen LogP contribution in [0.25, 0.3) is 11.4 Å². The van der Waals surface area contributed by atoms with Gasteiger partial charge in [-0.2, -0.15) is 0 Å². The summed E-state index contributed by atoms with van der Waals surface area (Å²) in [6.07, 6.45) is 4.45. The van der Waals surface area contributed by atoms with E-state index in [9.17, 15) is 14.7 Å². The molecule has 2 aromatic carbocycles. The number of carboxylic acid groups (broad SMARTS) is 1. The second-order valence-electron chi connectivity index (χ2n) is 9.44. The van der Waals surface area contributed by atoms with Gasteiger partial charge in [0.15, 0.2) is 0 Å². The maximum atomic E-state index is 13.3. The molecule has 8 heteroatoms. The van der Waals surface area contributed by atoms with E-state index < -0.39 is 10.7 Å². The molecular formula is C28H34BrN3O3S. The van der Waals surface area contributed by atoms with Gasteiger partial charge in [0.05, 0.1) is 0 Å². The highest BCUT2D eigenvalue weighted by atomic mass is 79.9. The lowest BCUT2D eigenvalue weighted by Crippen LogP contribution is -2.26. The summed E-state index contributed by atoms with van der Waals surface area (Å²) in [6, 6.07) is 13.5. The number of aliphatic carboxylic acids is 1. The van der Waals surface area contributed by atoms with Crippen molar-refractivity contribution in [3.05, 3.63) is 63.9 Å². The quantitative estimate of drug-likeness (QED) is 0.182. The van der Waals surface area contributed by atoms with Gasteiger partial charge in [0, 0.05) is 32.9 Å². The third-order valence-corrected chi connectivity index (χ3v) is 7.79. The van der Waals surface area contributed by atoms with Crippen molar-refractivity contribution in [1.29, 1.82) is 0 Å². The Hall–Kier alpha value is -2.58. The van der Waals surface area contributed by atoms with E-state index in [0.29, 0.717) is 5.69 Å². The average Bonchev–Trinajstić information content (AvgIpc) is 3.15. The Bertz CT molecular complexity index is 1240. The van der Waals surface area contributed by atoms with E-state index in [1.807, 2.05) is 56.3 Å². The Kier molecular flexibility index (Phi) is 9.41. The highest BCUT2D eigenvalue weighted by Crippen LogP contribution is 2.34. The molecule has 0 spiro atoms. The van der Waals surface area contributed by atoms with Crippen LogP contribution < -0.4 is 5.32 Å². The molecule has 0 atom stereocenters. The van der Waals surface area contributed by atoms with Crippen LogP contribution in [0.2, 0.25) is 0 Å². The summed E-state index contributed by atoms with van der Waals surface area (Å²) in [5.74, 6) is -0.343. The molecule has 3 aromatic rings. The molecule has 2 N–H and O–H groups in total. The van der Waals surface area contributed by atoms with Gasteiger partial charge in [-0.15, -0.1) is 11.8 Å². The Labute approximate surface area is 226 Å². The molecule has 0 saturated heterocycles. The minimum Gasteiger partial charge on any atom is -0.480 e. The summed E-state index contributed by atoms with van der Waals surface area (Å²) < 4.78 is 2.16. The first kappa shape index (κ1) is 28.0. The summed E-state index contributed by atoms with van der Waals surface area (Å²) in [6.45, 7) is 10.2. The van der Waals surface area contributed by atoms with E-state index in [1.54, 1.807) is 13.8 Å². The van der Waals surface area contributed by atoms with Crippen LogP contribution in [0, 0.1) is 13.8 Å². The number of hydrogen-bond acceptors (Lipinski definition) is 4. The van der Waals surface area contributed by atoms with Gasteiger partial charge >= 0.3 is 5.97 Å². The van der Waals surface area contributed by atoms with E-state index >= 15 is 0 Å². The number of carbonyl (C=O) groups is 2. The van der Waals surface area contributed by atoms with E-state index in [-0.39, 0.29) is 5.91 Å². The topological polar surface area (TPSA) is 84.2 Å². The number of nitrogens with zero attached hydrogens (tertiary/aromatic N) is 2. The van der Waals surface area contributed by atoms with Crippen molar-refractivity contribution in [2.75, 3.05) is 5.32 Å². The number of unbranched alkanes of at least 4 members (excludes halogenated alkanes) is 3. The highest BCUT2D eigenvalue weighted by molar-refractivity contribution is 9.10. The number of aromatic nitrogens is 2. The number of nitrogens with one attached hydrogen (secondary N) is 1. The van der Waals surface area contributed by atoms with Crippen molar-refractivity contribution >= 4 is 45.3 Å². The Morgan fingerprint density at radius 1 is 1.08 bits per heavy atom. The zero-order valence-corrected chi connectivity index (χ0v) is 23.9. The van der Waals surface area contributed by atoms with Crippen molar-refractivity contribution in [2.24, 2.45) is 0 Å². The maximum Gasteiger partial charge on any atom is 0.319 e. The molecule has 0 radical (unpaired) electrons. The van der Waals surface area contributed by atoms with Crippen LogP contribution in [-0.2, 0) is 11.3 Å². The van der Waals surface area contributed by atoms with Gasteiger partial charge in [-0.1, -0.05) is 54.2 Å². The number of anilines is 1. The number of rotatable bonds is 11. The highest BCUT2D eigenvalue weighted by Gasteiger charge is 2.28. The minimum absolute atomic E-state index is 0.234. The molecule has 6 nitrogen and oxygen atoms in total. The molecule has 0 unspecified atom stereocenters. The Morgan fingerprint density at radius 3 is 2.39 bits per heavy atom. The van der Waals surface area contributed by atoms with Crippen molar-refractivity contribution in [2.45, 2.75) is 76.5 Å².